The minimum Gasteiger partial charge on any atom is -0.469 e. The number of methoxy groups -OCH3 is 1. The van der Waals surface area contributed by atoms with Gasteiger partial charge >= 0.3 is 5.97 Å². The van der Waals surface area contributed by atoms with Crippen molar-refractivity contribution in [2.75, 3.05) is 7.11 Å². The summed E-state index contributed by atoms with van der Waals surface area (Å²) in [6.07, 6.45) is 9.86. The molecule has 0 aromatic carbocycles. The van der Waals surface area contributed by atoms with Crippen LogP contribution in [0.25, 0.3) is 0 Å². The summed E-state index contributed by atoms with van der Waals surface area (Å²) in [4.78, 5) is 11.8. The summed E-state index contributed by atoms with van der Waals surface area (Å²) >= 11 is 0. The summed E-state index contributed by atoms with van der Waals surface area (Å²) < 4.78 is 4.92. The molecule has 0 heterocycles. The van der Waals surface area contributed by atoms with Gasteiger partial charge < -0.3 is 4.74 Å². The van der Waals surface area contributed by atoms with Gasteiger partial charge in [0.2, 0.25) is 0 Å². The molecule has 0 N–H and O–H groups in total. The molecular weight excluding hydrogens is 188 g/mol. The van der Waals surface area contributed by atoms with E-state index in [0.717, 1.165) is 25.7 Å². The van der Waals surface area contributed by atoms with Crippen LogP contribution >= 0.6 is 0 Å². The Hall–Kier alpha value is -1.05. The van der Waals surface area contributed by atoms with E-state index in [-0.39, 0.29) is 11.4 Å². The molecule has 0 saturated carbocycles. The normalized spacial score (nSPS) is 24.7. The Morgan fingerprint density at radius 3 is 2.67 bits per heavy atom. The quantitative estimate of drug-likeness (QED) is 0.525. The van der Waals surface area contributed by atoms with Crippen molar-refractivity contribution in [1.29, 1.82) is 0 Å². The lowest BCUT2D eigenvalue weighted by Crippen LogP contribution is -2.32. The number of rotatable bonds is 3. The molecule has 0 unspecified atom stereocenters. The zero-order chi connectivity index (χ0) is 11.3. The van der Waals surface area contributed by atoms with Crippen molar-refractivity contribution in [1.82, 2.24) is 0 Å². The standard InChI is InChI=1S/C13H20O2/c1-11(2)7-10-13(12(14)15-3)8-5-4-6-9-13/h4-5,7H,6,8-10H2,1-3H3/t13-/m1/s1. The largest absolute Gasteiger partial charge is 0.469 e. The van der Waals surface area contributed by atoms with Crippen LogP contribution in [0.2, 0.25) is 0 Å². The predicted octanol–water partition coefficient (Wildman–Crippen LogP) is 3.24. The lowest BCUT2D eigenvalue weighted by molar-refractivity contribution is -0.153. The van der Waals surface area contributed by atoms with E-state index in [2.05, 4.69) is 32.1 Å². The van der Waals surface area contributed by atoms with Crippen LogP contribution in [0.5, 0.6) is 0 Å². The fourth-order valence-corrected chi connectivity index (χ4v) is 1.96. The second kappa shape index (κ2) is 5.15. The van der Waals surface area contributed by atoms with Crippen LogP contribution in [0.15, 0.2) is 23.8 Å². The van der Waals surface area contributed by atoms with E-state index in [9.17, 15) is 4.79 Å². The van der Waals surface area contributed by atoms with Gasteiger partial charge in [0.25, 0.3) is 0 Å². The van der Waals surface area contributed by atoms with E-state index in [0.29, 0.717) is 0 Å². The highest BCUT2D eigenvalue weighted by Gasteiger charge is 2.37. The summed E-state index contributed by atoms with van der Waals surface area (Å²) in [6.45, 7) is 4.12. The first-order chi connectivity index (χ1) is 7.10. The van der Waals surface area contributed by atoms with E-state index < -0.39 is 0 Å². The third kappa shape index (κ3) is 2.95. The number of ether oxygens (including phenoxy) is 1. The first kappa shape index (κ1) is 12.0. The second-order valence-corrected chi connectivity index (χ2v) is 4.47. The maximum Gasteiger partial charge on any atom is 0.312 e. The van der Waals surface area contributed by atoms with Crippen LogP contribution in [0.1, 0.15) is 39.5 Å². The molecule has 0 bridgehead atoms. The molecular formula is C13H20O2. The van der Waals surface area contributed by atoms with Crippen LogP contribution in [0, 0.1) is 5.41 Å². The first-order valence-corrected chi connectivity index (χ1v) is 5.47. The van der Waals surface area contributed by atoms with Gasteiger partial charge in [0.15, 0.2) is 0 Å². The highest BCUT2D eigenvalue weighted by Crippen LogP contribution is 2.38. The third-order valence-corrected chi connectivity index (χ3v) is 2.98. The maximum absolute atomic E-state index is 11.8. The molecule has 0 spiro atoms. The molecule has 2 heteroatoms. The summed E-state index contributed by atoms with van der Waals surface area (Å²) in [5.41, 5.74) is 0.952. The van der Waals surface area contributed by atoms with Crippen molar-refractivity contribution in [3.05, 3.63) is 23.8 Å². The van der Waals surface area contributed by atoms with E-state index >= 15 is 0 Å². The molecule has 1 aliphatic rings. The molecule has 0 aromatic rings. The van der Waals surface area contributed by atoms with Gasteiger partial charge in [-0.3, -0.25) is 4.79 Å². The van der Waals surface area contributed by atoms with Crippen molar-refractivity contribution in [2.24, 2.45) is 5.41 Å². The highest BCUT2D eigenvalue weighted by molar-refractivity contribution is 5.77. The average molecular weight is 208 g/mol. The van der Waals surface area contributed by atoms with E-state index in [1.54, 1.807) is 0 Å². The minimum atomic E-state index is -0.305. The number of esters is 1. The topological polar surface area (TPSA) is 26.3 Å². The first-order valence-electron chi connectivity index (χ1n) is 5.47. The average Bonchev–Trinajstić information content (AvgIpc) is 2.26. The van der Waals surface area contributed by atoms with Gasteiger partial charge in [-0.05, 0) is 39.5 Å². The summed E-state index contributed by atoms with van der Waals surface area (Å²) in [5.74, 6) is -0.0654. The monoisotopic (exact) mass is 208 g/mol. The predicted molar refractivity (Wildman–Crippen MR) is 61.5 cm³/mol. The molecule has 0 radical (unpaired) electrons. The number of allylic oxidation sites excluding steroid dienone is 4. The van der Waals surface area contributed by atoms with Crippen LogP contribution in [0.4, 0.5) is 0 Å². The van der Waals surface area contributed by atoms with Crippen molar-refractivity contribution < 1.29 is 9.53 Å². The van der Waals surface area contributed by atoms with Gasteiger partial charge in [0.05, 0.1) is 12.5 Å². The molecule has 15 heavy (non-hydrogen) atoms. The molecule has 2 nitrogen and oxygen atoms in total. The van der Waals surface area contributed by atoms with E-state index in [1.807, 2.05) is 0 Å². The summed E-state index contributed by atoms with van der Waals surface area (Å²) in [5, 5.41) is 0. The Labute approximate surface area is 92.0 Å². The fraction of sp³-hybridized carbons (Fsp3) is 0.615. The zero-order valence-electron chi connectivity index (χ0n) is 9.88. The lowest BCUT2D eigenvalue weighted by Gasteiger charge is -2.31. The van der Waals surface area contributed by atoms with E-state index in [4.69, 9.17) is 4.74 Å². The van der Waals surface area contributed by atoms with Gasteiger partial charge in [0, 0.05) is 0 Å². The van der Waals surface area contributed by atoms with Crippen molar-refractivity contribution >= 4 is 5.97 Å². The van der Waals surface area contributed by atoms with Gasteiger partial charge in [-0.25, -0.2) is 0 Å². The number of carbonyl (C=O) groups is 1. The third-order valence-electron chi connectivity index (χ3n) is 2.98. The van der Waals surface area contributed by atoms with Crippen LogP contribution in [-0.2, 0) is 9.53 Å². The van der Waals surface area contributed by atoms with Gasteiger partial charge in [0.1, 0.15) is 0 Å². The Kier molecular flexibility index (Phi) is 4.13. The Morgan fingerprint density at radius 2 is 2.20 bits per heavy atom. The van der Waals surface area contributed by atoms with Crippen LogP contribution in [-0.4, -0.2) is 13.1 Å². The van der Waals surface area contributed by atoms with Gasteiger partial charge in [-0.15, -0.1) is 0 Å². The molecule has 1 atom stereocenters. The van der Waals surface area contributed by atoms with Gasteiger partial charge in [-0.1, -0.05) is 23.8 Å². The number of hydrogen-bond acceptors (Lipinski definition) is 2. The number of hydrogen-bond donors (Lipinski definition) is 0. The Balaban J connectivity index is 2.81. The highest BCUT2D eigenvalue weighted by atomic mass is 16.5. The zero-order valence-corrected chi connectivity index (χ0v) is 9.88. The number of carbonyl (C=O) groups excluding carboxylic acids is 1. The van der Waals surface area contributed by atoms with Crippen LogP contribution < -0.4 is 0 Å². The summed E-state index contributed by atoms with van der Waals surface area (Å²) in [7, 11) is 1.48. The Morgan fingerprint density at radius 1 is 1.47 bits per heavy atom. The second-order valence-electron chi connectivity index (χ2n) is 4.47. The molecule has 0 amide bonds. The molecule has 0 fully saturated rings. The molecule has 1 rings (SSSR count). The molecule has 1 aliphatic carbocycles. The molecule has 0 saturated heterocycles. The maximum atomic E-state index is 11.8. The smallest absolute Gasteiger partial charge is 0.312 e. The molecule has 0 aromatic heterocycles. The molecule has 84 valence electrons. The van der Waals surface area contributed by atoms with Gasteiger partial charge in [-0.2, -0.15) is 0 Å². The summed E-state index contributed by atoms with van der Waals surface area (Å²) in [6, 6.07) is 0. The fourth-order valence-electron chi connectivity index (χ4n) is 1.96. The molecule has 0 aliphatic heterocycles. The van der Waals surface area contributed by atoms with Crippen molar-refractivity contribution in [3.63, 3.8) is 0 Å². The lowest BCUT2D eigenvalue weighted by atomic mass is 9.74. The van der Waals surface area contributed by atoms with Crippen molar-refractivity contribution in [2.45, 2.75) is 39.5 Å². The van der Waals surface area contributed by atoms with Crippen LogP contribution in [0.3, 0.4) is 0 Å². The van der Waals surface area contributed by atoms with E-state index in [1.165, 1.54) is 12.7 Å². The minimum absolute atomic E-state index is 0.0654. The van der Waals surface area contributed by atoms with Crippen molar-refractivity contribution in [3.8, 4) is 0 Å². The SMILES string of the molecule is COC(=O)[C@]1(CC=C(C)C)CC=CCC1. The Bertz CT molecular complexity index is 285.